The third-order valence-electron chi connectivity index (χ3n) is 7.52. The summed E-state index contributed by atoms with van der Waals surface area (Å²) in [4.78, 5) is 14.3. The van der Waals surface area contributed by atoms with Crippen molar-refractivity contribution in [1.82, 2.24) is 19.9 Å². The number of aromatic nitrogens is 3. The molecule has 0 N–H and O–H groups in total. The van der Waals surface area contributed by atoms with Gasteiger partial charge in [0, 0.05) is 18.5 Å². The second-order valence-electron chi connectivity index (χ2n) is 11.7. The van der Waals surface area contributed by atoms with Crippen LogP contribution in [0, 0.1) is 25.5 Å². The molecule has 5 rings (SSSR count). The second kappa shape index (κ2) is 10.1. The molecule has 0 unspecified atom stereocenters. The molecule has 0 saturated carbocycles. The fourth-order valence-corrected chi connectivity index (χ4v) is 6.09. The van der Waals surface area contributed by atoms with Crippen molar-refractivity contribution in [2.75, 3.05) is 19.7 Å². The number of nitrogens with zero attached hydrogens (tertiary/aromatic N) is 4. The van der Waals surface area contributed by atoms with Gasteiger partial charge in [-0.05, 0) is 60.1 Å². The number of rotatable bonds is 5. The van der Waals surface area contributed by atoms with Crippen LogP contribution in [0.15, 0.2) is 6.07 Å². The van der Waals surface area contributed by atoms with Crippen molar-refractivity contribution in [2.45, 2.75) is 77.4 Å². The third kappa shape index (κ3) is 5.40. The average Bonchev–Trinajstić information content (AvgIpc) is 3.36. The molecule has 2 fully saturated rings. The SMILES string of the molecule is Cc1nc(-c2c(Cl)cc3c(OC(C)(C)C)nc(OC[C@@]45CCCN4C[C@H](F)C5)nc3c2F)c(C(F)(F)F)c(C)c1F. The highest BCUT2D eigenvalue weighted by Crippen LogP contribution is 2.45. The number of pyridine rings is 1. The van der Waals surface area contributed by atoms with Gasteiger partial charge in [0.1, 0.15) is 29.7 Å². The number of hydrogen-bond acceptors (Lipinski definition) is 6. The van der Waals surface area contributed by atoms with Gasteiger partial charge in [-0.1, -0.05) is 11.6 Å². The summed E-state index contributed by atoms with van der Waals surface area (Å²) in [5.41, 5.74) is -5.88. The highest BCUT2D eigenvalue weighted by Gasteiger charge is 2.49. The van der Waals surface area contributed by atoms with E-state index in [0.717, 1.165) is 19.9 Å². The number of aryl methyl sites for hydroxylation is 1. The van der Waals surface area contributed by atoms with Gasteiger partial charge in [0.15, 0.2) is 5.82 Å². The number of hydrogen-bond donors (Lipinski definition) is 0. The molecular formula is C28H29ClF6N4O2. The number of alkyl halides is 4. The number of halogens is 7. The zero-order valence-electron chi connectivity index (χ0n) is 23.1. The lowest BCUT2D eigenvalue weighted by molar-refractivity contribution is -0.138. The predicted octanol–water partition coefficient (Wildman–Crippen LogP) is 7.39. The van der Waals surface area contributed by atoms with Crippen LogP contribution in [-0.4, -0.2) is 56.9 Å². The van der Waals surface area contributed by atoms with Gasteiger partial charge < -0.3 is 9.47 Å². The lowest BCUT2D eigenvalue weighted by Crippen LogP contribution is -2.43. The maximum Gasteiger partial charge on any atom is 0.418 e. The van der Waals surface area contributed by atoms with E-state index in [1.807, 2.05) is 4.90 Å². The maximum atomic E-state index is 16.3. The first kappa shape index (κ1) is 29.6. The van der Waals surface area contributed by atoms with Crippen LogP contribution in [0.1, 0.15) is 56.9 Å². The van der Waals surface area contributed by atoms with E-state index in [1.165, 1.54) is 13.0 Å². The van der Waals surface area contributed by atoms with E-state index in [-0.39, 0.29) is 36.0 Å². The summed E-state index contributed by atoms with van der Waals surface area (Å²) in [6, 6.07) is 0.904. The molecule has 2 saturated heterocycles. The van der Waals surface area contributed by atoms with Gasteiger partial charge >= 0.3 is 12.2 Å². The molecule has 0 aliphatic carbocycles. The molecule has 3 aromatic rings. The quantitative estimate of drug-likeness (QED) is 0.284. The minimum Gasteiger partial charge on any atom is -0.471 e. The topological polar surface area (TPSA) is 60.4 Å². The van der Waals surface area contributed by atoms with E-state index in [9.17, 15) is 22.0 Å². The molecule has 41 heavy (non-hydrogen) atoms. The smallest absolute Gasteiger partial charge is 0.418 e. The van der Waals surface area contributed by atoms with E-state index >= 15 is 4.39 Å². The highest BCUT2D eigenvalue weighted by molar-refractivity contribution is 6.34. The molecule has 222 valence electrons. The molecule has 2 aromatic heterocycles. The van der Waals surface area contributed by atoms with Crippen molar-refractivity contribution in [3.63, 3.8) is 0 Å². The Morgan fingerprint density at radius 3 is 2.46 bits per heavy atom. The monoisotopic (exact) mass is 602 g/mol. The minimum absolute atomic E-state index is 0.00650. The van der Waals surface area contributed by atoms with E-state index < -0.39 is 68.0 Å². The molecule has 0 bridgehead atoms. The largest absolute Gasteiger partial charge is 0.471 e. The van der Waals surface area contributed by atoms with Crippen molar-refractivity contribution in [2.24, 2.45) is 0 Å². The standard InChI is InChI=1S/C28H29ClF6N4O2/c1-13-19(28(33,34)35)23(36-14(2)20(13)31)18-17(29)9-16-22(21(18)32)37-25(38-24(16)41-26(3,4)5)40-12-27-7-6-8-39(27)11-15(30)10-27/h9,15H,6-8,10-12H2,1-5H3/t15-,27+/m1/s1. The molecule has 13 heteroatoms. The van der Waals surface area contributed by atoms with E-state index in [2.05, 4.69) is 15.0 Å². The highest BCUT2D eigenvalue weighted by atomic mass is 35.5. The van der Waals surface area contributed by atoms with Crippen LogP contribution in [0.3, 0.4) is 0 Å². The maximum absolute atomic E-state index is 16.3. The van der Waals surface area contributed by atoms with Crippen molar-refractivity contribution < 1.29 is 35.8 Å². The van der Waals surface area contributed by atoms with Crippen LogP contribution in [0.5, 0.6) is 11.9 Å². The molecule has 2 aliphatic heterocycles. The zero-order chi connectivity index (χ0) is 30.1. The fraction of sp³-hybridized carbons (Fsp3) is 0.536. The Kier molecular flexibility index (Phi) is 7.33. The van der Waals surface area contributed by atoms with Gasteiger partial charge in [-0.2, -0.15) is 23.1 Å². The van der Waals surface area contributed by atoms with Crippen molar-refractivity contribution in [3.05, 3.63) is 39.5 Å². The Morgan fingerprint density at radius 2 is 1.80 bits per heavy atom. The van der Waals surface area contributed by atoms with E-state index in [1.54, 1.807) is 20.8 Å². The van der Waals surface area contributed by atoms with Crippen LogP contribution >= 0.6 is 11.6 Å². The zero-order valence-corrected chi connectivity index (χ0v) is 23.9. The normalized spacial score (nSPS) is 21.5. The minimum atomic E-state index is -5.06. The first-order valence-corrected chi connectivity index (χ1v) is 13.5. The first-order valence-electron chi connectivity index (χ1n) is 13.2. The van der Waals surface area contributed by atoms with Crippen LogP contribution < -0.4 is 9.47 Å². The van der Waals surface area contributed by atoms with Crippen LogP contribution in [0.4, 0.5) is 26.3 Å². The lowest BCUT2D eigenvalue weighted by atomic mass is 9.95. The van der Waals surface area contributed by atoms with Crippen molar-refractivity contribution >= 4 is 22.5 Å². The molecule has 1 aromatic carbocycles. The van der Waals surface area contributed by atoms with Gasteiger partial charge in [0.05, 0.1) is 38.5 Å². The Bertz CT molecular complexity index is 1530. The number of benzene rings is 1. The Balaban J connectivity index is 1.68. The second-order valence-corrected chi connectivity index (χ2v) is 12.1. The summed E-state index contributed by atoms with van der Waals surface area (Å²) in [5.74, 6) is -2.48. The summed E-state index contributed by atoms with van der Waals surface area (Å²) in [6.45, 7) is 8.37. The van der Waals surface area contributed by atoms with Gasteiger partial charge in [0.25, 0.3) is 0 Å². The molecular weight excluding hydrogens is 574 g/mol. The molecule has 6 nitrogen and oxygen atoms in total. The Hall–Kier alpha value is -2.86. The summed E-state index contributed by atoms with van der Waals surface area (Å²) in [6.07, 6.45) is -4.22. The van der Waals surface area contributed by atoms with Gasteiger partial charge in [-0.25, -0.2) is 18.2 Å². The van der Waals surface area contributed by atoms with Crippen LogP contribution in [0.2, 0.25) is 5.02 Å². The number of ether oxygens (including phenoxy) is 2. The average molecular weight is 603 g/mol. The Labute approximate surface area is 238 Å². The first-order chi connectivity index (χ1) is 19.0. The van der Waals surface area contributed by atoms with E-state index in [0.29, 0.717) is 13.0 Å². The van der Waals surface area contributed by atoms with Crippen molar-refractivity contribution in [1.29, 1.82) is 0 Å². The summed E-state index contributed by atoms with van der Waals surface area (Å²) >= 11 is 6.39. The molecule has 0 amide bonds. The summed E-state index contributed by atoms with van der Waals surface area (Å²) in [5, 5.41) is -0.428. The molecule has 0 radical (unpaired) electrons. The molecule has 2 aliphatic rings. The van der Waals surface area contributed by atoms with Gasteiger partial charge in [-0.15, -0.1) is 0 Å². The van der Waals surface area contributed by atoms with Crippen LogP contribution in [0.25, 0.3) is 22.2 Å². The lowest BCUT2D eigenvalue weighted by Gasteiger charge is -2.31. The molecule has 2 atom stereocenters. The molecule has 0 spiro atoms. The van der Waals surface area contributed by atoms with Crippen LogP contribution in [-0.2, 0) is 6.18 Å². The fourth-order valence-electron chi connectivity index (χ4n) is 5.80. The van der Waals surface area contributed by atoms with Crippen molar-refractivity contribution in [3.8, 4) is 23.1 Å². The van der Waals surface area contributed by atoms with Gasteiger partial charge in [-0.3, -0.25) is 4.90 Å². The predicted molar refractivity (Wildman–Crippen MR) is 141 cm³/mol. The van der Waals surface area contributed by atoms with E-state index in [4.69, 9.17) is 21.1 Å². The third-order valence-corrected chi connectivity index (χ3v) is 7.82. The molecule has 4 heterocycles. The Morgan fingerprint density at radius 1 is 1.10 bits per heavy atom. The van der Waals surface area contributed by atoms with Gasteiger partial charge in [0.2, 0.25) is 5.88 Å². The summed E-state index contributed by atoms with van der Waals surface area (Å²) < 4.78 is 99.2. The number of fused-ring (bicyclic) bond motifs is 2. The summed E-state index contributed by atoms with van der Waals surface area (Å²) in [7, 11) is 0.